The highest BCUT2D eigenvalue weighted by Crippen LogP contribution is 2.36. The lowest BCUT2D eigenvalue weighted by Gasteiger charge is -2.24. The summed E-state index contributed by atoms with van der Waals surface area (Å²) in [6.45, 7) is 0. The van der Waals surface area contributed by atoms with Gasteiger partial charge in [-0.15, -0.1) is 0 Å². The van der Waals surface area contributed by atoms with Crippen molar-refractivity contribution in [2.75, 3.05) is 0 Å². The van der Waals surface area contributed by atoms with Gasteiger partial charge in [-0.25, -0.2) is 8.78 Å². The van der Waals surface area contributed by atoms with E-state index in [0.29, 0.717) is 18.4 Å². The SMILES string of the molecule is O=C1CCC1c1ccc(F)c(Br)c1F. The fraction of sp³-hybridized carbons (Fsp3) is 0.300. The zero-order valence-electron chi connectivity index (χ0n) is 7.19. The minimum atomic E-state index is -0.650. The molecule has 0 amide bonds. The number of halogens is 3. The Kier molecular flexibility index (Phi) is 2.39. The smallest absolute Gasteiger partial charge is 0.144 e. The second-order valence-electron chi connectivity index (χ2n) is 3.32. The molecule has 0 N–H and O–H groups in total. The normalized spacial score (nSPS) is 20.8. The maximum Gasteiger partial charge on any atom is 0.144 e. The first kappa shape index (κ1) is 9.77. The van der Waals surface area contributed by atoms with Gasteiger partial charge in [0.15, 0.2) is 0 Å². The lowest BCUT2D eigenvalue weighted by Crippen LogP contribution is -2.24. The summed E-state index contributed by atoms with van der Waals surface area (Å²) in [6, 6.07) is 2.52. The molecule has 0 radical (unpaired) electrons. The van der Waals surface area contributed by atoms with E-state index in [4.69, 9.17) is 0 Å². The Morgan fingerprint density at radius 1 is 1.36 bits per heavy atom. The number of hydrogen-bond donors (Lipinski definition) is 0. The Balaban J connectivity index is 2.44. The van der Waals surface area contributed by atoms with Gasteiger partial charge in [-0.3, -0.25) is 4.79 Å². The largest absolute Gasteiger partial charge is 0.299 e. The highest BCUT2D eigenvalue weighted by atomic mass is 79.9. The average Bonchev–Trinajstić information content (AvgIpc) is 2.16. The molecule has 4 heteroatoms. The van der Waals surface area contributed by atoms with Crippen LogP contribution in [0.2, 0.25) is 0 Å². The summed E-state index contributed by atoms with van der Waals surface area (Å²) >= 11 is 2.81. The van der Waals surface area contributed by atoms with Crippen LogP contribution in [-0.2, 0) is 4.79 Å². The Morgan fingerprint density at radius 3 is 2.57 bits per heavy atom. The Labute approximate surface area is 88.2 Å². The Morgan fingerprint density at radius 2 is 2.07 bits per heavy atom. The van der Waals surface area contributed by atoms with Crippen LogP contribution >= 0.6 is 15.9 Å². The molecule has 0 aromatic heterocycles. The summed E-state index contributed by atoms with van der Waals surface area (Å²) in [7, 11) is 0. The van der Waals surface area contributed by atoms with Crippen LogP contribution in [0.4, 0.5) is 8.78 Å². The summed E-state index contributed by atoms with van der Waals surface area (Å²) in [6.07, 6.45) is 1.16. The van der Waals surface area contributed by atoms with Gasteiger partial charge in [0.1, 0.15) is 17.4 Å². The lowest BCUT2D eigenvalue weighted by molar-refractivity contribution is -0.125. The zero-order chi connectivity index (χ0) is 10.3. The van der Waals surface area contributed by atoms with Gasteiger partial charge in [0, 0.05) is 12.3 Å². The standard InChI is InChI=1S/C10H7BrF2O/c11-9-7(12)3-1-6(10(9)13)5-2-4-8(5)14/h1,3,5H,2,4H2. The van der Waals surface area contributed by atoms with Crippen molar-refractivity contribution in [1.82, 2.24) is 0 Å². The molecular formula is C10H7BrF2O. The molecule has 1 fully saturated rings. The van der Waals surface area contributed by atoms with Gasteiger partial charge in [0.25, 0.3) is 0 Å². The molecule has 1 atom stereocenters. The number of hydrogen-bond acceptors (Lipinski definition) is 1. The van der Waals surface area contributed by atoms with Crippen LogP contribution in [0, 0.1) is 11.6 Å². The summed E-state index contributed by atoms with van der Waals surface area (Å²) in [5.41, 5.74) is 0.300. The molecule has 2 rings (SSSR count). The third-order valence-corrected chi connectivity index (χ3v) is 3.24. The van der Waals surface area contributed by atoms with Crippen molar-refractivity contribution in [3.05, 3.63) is 33.8 Å². The predicted molar refractivity (Wildman–Crippen MR) is 51.0 cm³/mol. The van der Waals surface area contributed by atoms with Crippen molar-refractivity contribution >= 4 is 21.7 Å². The fourth-order valence-corrected chi connectivity index (χ4v) is 1.91. The van der Waals surface area contributed by atoms with Crippen molar-refractivity contribution in [2.45, 2.75) is 18.8 Å². The molecule has 0 bridgehead atoms. The molecule has 0 spiro atoms. The third kappa shape index (κ3) is 1.38. The maximum atomic E-state index is 13.5. The van der Waals surface area contributed by atoms with Gasteiger partial charge >= 0.3 is 0 Å². The van der Waals surface area contributed by atoms with E-state index >= 15 is 0 Å². The van der Waals surface area contributed by atoms with Crippen LogP contribution in [0.5, 0.6) is 0 Å². The number of benzene rings is 1. The number of ketones is 1. The molecule has 1 aliphatic carbocycles. The van der Waals surface area contributed by atoms with E-state index in [0.717, 1.165) is 0 Å². The summed E-state index contributed by atoms with van der Waals surface area (Å²) < 4.78 is 26.2. The van der Waals surface area contributed by atoms with Crippen molar-refractivity contribution in [3.8, 4) is 0 Å². The van der Waals surface area contributed by atoms with E-state index in [-0.39, 0.29) is 16.2 Å². The van der Waals surface area contributed by atoms with Crippen molar-refractivity contribution < 1.29 is 13.6 Å². The molecule has 1 unspecified atom stereocenters. The van der Waals surface area contributed by atoms with Gasteiger partial charge in [0.05, 0.1) is 4.47 Å². The van der Waals surface area contributed by atoms with Crippen LogP contribution in [0.3, 0.4) is 0 Å². The lowest BCUT2D eigenvalue weighted by atomic mass is 9.78. The molecule has 1 nitrogen and oxygen atoms in total. The number of carbonyl (C=O) groups is 1. The van der Waals surface area contributed by atoms with Crippen LogP contribution in [0.25, 0.3) is 0 Å². The van der Waals surface area contributed by atoms with Gasteiger partial charge in [-0.2, -0.15) is 0 Å². The van der Waals surface area contributed by atoms with Crippen molar-refractivity contribution in [2.24, 2.45) is 0 Å². The van der Waals surface area contributed by atoms with E-state index in [2.05, 4.69) is 15.9 Å². The monoisotopic (exact) mass is 260 g/mol. The second kappa shape index (κ2) is 3.42. The van der Waals surface area contributed by atoms with E-state index in [1.165, 1.54) is 12.1 Å². The predicted octanol–water partition coefficient (Wildman–Crippen LogP) is 3.17. The molecule has 14 heavy (non-hydrogen) atoms. The Bertz CT molecular complexity index is 403. The summed E-state index contributed by atoms with van der Waals surface area (Å²) in [5.74, 6) is -1.63. The summed E-state index contributed by atoms with van der Waals surface area (Å²) in [5, 5.41) is 0. The zero-order valence-corrected chi connectivity index (χ0v) is 8.77. The first-order valence-electron chi connectivity index (χ1n) is 4.27. The van der Waals surface area contributed by atoms with Gasteiger partial charge in [-0.05, 0) is 34.0 Å². The first-order valence-corrected chi connectivity index (χ1v) is 5.06. The molecule has 1 aromatic rings. The van der Waals surface area contributed by atoms with Gasteiger partial charge in [0.2, 0.25) is 0 Å². The minimum absolute atomic E-state index is 0.0300. The van der Waals surface area contributed by atoms with Crippen LogP contribution in [0.1, 0.15) is 24.3 Å². The molecule has 1 aliphatic rings. The minimum Gasteiger partial charge on any atom is -0.299 e. The van der Waals surface area contributed by atoms with E-state index < -0.39 is 11.6 Å². The van der Waals surface area contributed by atoms with Crippen LogP contribution in [-0.4, -0.2) is 5.78 Å². The highest BCUT2D eigenvalue weighted by molar-refractivity contribution is 9.10. The second-order valence-corrected chi connectivity index (χ2v) is 4.12. The number of Topliss-reactive ketones (excluding diaryl/α,β-unsaturated/α-hetero) is 1. The van der Waals surface area contributed by atoms with Gasteiger partial charge in [-0.1, -0.05) is 6.07 Å². The average molecular weight is 261 g/mol. The molecule has 1 saturated carbocycles. The maximum absolute atomic E-state index is 13.5. The third-order valence-electron chi connectivity index (χ3n) is 2.51. The molecule has 0 aliphatic heterocycles. The molecule has 74 valence electrons. The summed E-state index contributed by atoms with van der Waals surface area (Å²) in [4.78, 5) is 11.1. The van der Waals surface area contributed by atoms with Crippen LogP contribution < -0.4 is 0 Å². The first-order chi connectivity index (χ1) is 6.61. The van der Waals surface area contributed by atoms with Crippen molar-refractivity contribution in [3.63, 3.8) is 0 Å². The van der Waals surface area contributed by atoms with Gasteiger partial charge < -0.3 is 0 Å². The molecule has 1 aromatic carbocycles. The topological polar surface area (TPSA) is 17.1 Å². The Hall–Kier alpha value is -0.770. The molecule has 0 saturated heterocycles. The number of rotatable bonds is 1. The fourth-order valence-electron chi connectivity index (χ4n) is 1.55. The highest BCUT2D eigenvalue weighted by Gasteiger charge is 2.32. The van der Waals surface area contributed by atoms with E-state index in [1.54, 1.807) is 0 Å². The van der Waals surface area contributed by atoms with Crippen molar-refractivity contribution in [1.29, 1.82) is 0 Å². The number of carbonyl (C=O) groups excluding carboxylic acids is 1. The van der Waals surface area contributed by atoms with E-state index in [9.17, 15) is 13.6 Å². The molecular weight excluding hydrogens is 254 g/mol. The van der Waals surface area contributed by atoms with Crippen LogP contribution in [0.15, 0.2) is 16.6 Å². The molecule has 0 heterocycles. The quantitative estimate of drug-likeness (QED) is 0.709. The van der Waals surface area contributed by atoms with E-state index in [1.807, 2.05) is 0 Å².